The zero-order valence-corrected chi connectivity index (χ0v) is 20.0. The average molecular weight is 442 g/mol. The molecule has 0 aromatic carbocycles. The van der Waals surface area contributed by atoms with Gasteiger partial charge in [-0.25, -0.2) is 0 Å². The Morgan fingerprint density at radius 3 is 2.65 bits per heavy atom. The highest BCUT2D eigenvalue weighted by atomic mass is 32.1. The summed E-state index contributed by atoms with van der Waals surface area (Å²) in [6.45, 7) is 14.9. The van der Waals surface area contributed by atoms with Crippen LogP contribution in [0.2, 0.25) is 0 Å². The minimum Gasteiger partial charge on any atom is -0.379 e. The van der Waals surface area contributed by atoms with E-state index in [1.54, 1.807) is 0 Å². The normalized spacial score (nSPS) is 22.4. The Labute approximate surface area is 191 Å². The van der Waals surface area contributed by atoms with Crippen LogP contribution in [0, 0.1) is 13.8 Å². The predicted molar refractivity (Wildman–Crippen MR) is 128 cm³/mol. The number of ether oxygens (including phenoxy) is 1. The Morgan fingerprint density at radius 2 is 1.97 bits per heavy atom. The van der Waals surface area contributed by atoms with Crippen molar-refractivity contribution in [3.63, 3.8) is 0 Å². The summed E-state index contributed by atoms with van der Waals surface area (Å²) in [5.41, 5.74) is 5.04. The van der Waals surface area contributed by atoms with Crippen molar-refractivity contribution in [1.82, 2.24) is 24.7 Å². The van der Waals surface area contributed by atoms with Gasteiger partial charge in [0.05, 0.1) is 31.0 Å². The van der Waals surface area contributed by atoms with E-state index in [2.05, 4.69) is 70.6 Å². The molecule has 2 atom stereocenters. The molecule has 6 nitrogen and oxygen atoms in total. The van der Waals surface area contributed by atoms with Crippen LogP contribution in [0.4, 0.5) is 0 Å². The molecule has 2 aromatic heterocycles. The lowest BCUT2D eigenvalue weighted by molar-refractivity contribution is 0.0369. The minimum absolute atomic E-state index is 0.0541. The topological polar surface area (TPSA) is 45.6 Å². The van der Waals surface area contributed by atoms with Crippen LogP contribution in [0.25, 0.3) is 0 Å². The molecule has 2 fully saturated rings. The van der Waals surface area contributed by atoms with Crippen LogP contribution in [-0.2, 0) is 11.3 Å². The van der Waals surface area contributed by atoms with Gasteiger partial charge in [0.25, 0.3) is 0 Å². The lowest BCUT2D eigenvalue weighted by atomic mass is 9.96. The summed E-state index contributed by atoms with van der Waals surface area (Å²) < 4.78 is 7.95. The number of nitrogens with zero attached hydrogens (tertiary/aromatic N) is 4. The van der Waals surface area contributed by atoms with E-state index in [0.717, 1.165) is 56.6 Å². The maximum atomic E-state index is 5.76. The molecule has 0 aliphatic carbocycles. The second-order valence-electron chi connectivity index (χ2n) is 8.91. The van der Waals surface area contributed by atoms with Gasteiger partial charge < -0.3 is 19.5 Å². The number of thiocarbonyl (C=S) groups is 1. The standard InChI is InChI=1S/C24H35N5OS/c1-17(2)29-23(22(26-24(29)31)21-8-5-6-9-25-21)20-16-18(3)28(19(20)4)11-7-10-27-12-14-30-15-13-27/h5-6,8-9,16-17,22-23H,7,10-15H2,1-4H3,(H,26,31)/t22-,23-/m1/s1. The van der Waals surface area contributed by atoms with Crippen LogP contribution >= 0.6 is 12.2 Å². The van der Waals surface area contributed by atoms with Crippen LogP contribution in [0.3, 0.4) is 0 Å². The average Bonchev–Trinajstić information content (AvgIpc) is 3.26. The molecule has 4 rings (SSSR count). The lowest BCUT2D eigenvalue weighted by Gasteiger charge is -2.31. The highest BCUT2D eigenvalue weighted by molar-refractivity contribution is 7.80. The van der Waals surface area contributed by atoms with Crippen LogP contribution < -0.4 is 5.32 Å². The molecule has 31 heavy (non-hydrogen) atoms. The summed E-state index contributed by atoms with van der Waals surface area (Å²) in [5, 5.41) is 4.37. The zero-order chi connectivity index (χ0) is 22.0. The van der Waals surface area contributed by atoms with Gasteiger partial charge >= 0.3 is 0 Å². The molecule has 2 aliphatic heterocycles. The molecule has 1 N–H and O–H groups in total. The van der Waals surface area contributed by atoms with Crippen molar-refractivity contribution in [2.75, 3.05) is 32.8 Å². The van der Waals surface area contributed by atoms with Gasteiger partial charge in [0, 0.05) is 49.8 Å². The van der Waals surface area contributed by atoms with E-state index in [1.165, 1.54) is 17.0 Å². The number of hydrogen-bond acceptors (Lipinski definition) is 4. The summed E-state index contributed by atoms with van der Waals surface area (Å²) in [6.07, 6.45) is 3.01. The van der Waals surface area contributed by atoms with E-state index in [1.807, 2.05) is 12.3 Å². The molecule has 2 aromatic rings. The molecule has 2 aliphatic rings. The smallest absolute Gasteiger partial charge is 0.170 e. The van der Waals surface area contributed by atoms with Crippen molar-refractivity contribution in [3.8, 4) is 0 Å². The third-order valence-electron chi connectivity index (χ3n) is 6.58. The van der Waals surface area contributed by atoms with Gasteiger partial charge in [-0.05, 0) is 70.1 Å². The molecule has 0 spiro atoms. The van der Waals surface area contributed by atoms with E-state index in [-0.39, 0.29) is 12.1 Å². The summed E-state index contributed by atoms with van der Waals surface area (Å²) in [7, 11) is 0. The first-order valence-corrected chi connectivity index (χ1v) is 11.8. The van der Waals surface area contributed by atoms with Crippen LogP contribution in [0.1, 0.15) is 55.0 Å². The molecule has 168 valence electrons. The van der Waals surface area contributed by atoms with Crippen LogP contribution in [0.5, 0.6) is 0 Å². The van der Waals surface area contributed by atoms with Gasteiger partial charge in [-0.2, -0.15) is 0 Å². The second-order valence-corrected chi connectivity index (χ2v) is 9.30. The molecule has 0 amide bonds. The Kier molecular flexibility index (Phi) is 6.94. The number of aryl methyl sites for hydroxylation is 1. The fraction of sp³-hybridized carbons (Fsp3) is 0.583. The molecule has 7 heteroatoms. The molecule has 2 saturated heterocycles. The van der Waals surface area contributed by atoms with Gasteiger partial charge in [0.1, 0.15) is 0 Å². The van der Waals surface area contributed by atoms with Crippen molar-refractivity contribution in [2.24, 2.45) is 0 Å². The van der Waals surface area contributed by atoms with Crippen LogP contribution in [-0.4, -0.2) is 63.4 Å². The highest BCUT2D eigenvalue weighted by Gasteiger charge is 2.42. The first-order valence-electron chi connectivity index (χ1n) is 11.4. The summed E-state index contributed by atoms with van der Waals surface area (Å²) in [5.74, 6) is 0. The summed E-state index contributed by atoms with van der Waals surface area (Å²) in [6, 6.07) is 8.97. The van der Waals surface area contributed by atoms with E-state index in [0.29, 0.717) is 6.04 Å². The number of aromatic nitrogens is 2. The zero-order valence-electron chi connectivity index (χ0n) is 19.2. The molecule has 0 saturated carbocycles. The van der Waals surface area contributed by atoms with Gasteiger partial charge in [0.15, 0.2) is 5.11 Å². The van der Waals surface area contributed by atoms with Gasteiger partial charge in [-0.3, -0.25) is 9.88 Å². The molecule has 4 heterocycles. The summed E-state index contributed by atoms with van der Waals surface area (Å²) >= 11 is 5.76. The van der Waals surface area contributed by atoms with Gasteiger partial charge in [0.2, 0.25) is 0 Å². The minimum atomic E-state index is 0.0541. The Morgan fingerprint density at radius 1 is 1.19 bits per heavy atom. The van der Waals surface area contributed by atoms with Crippen LogP contribution in [0.15, 0.2) is 30.5 Å². The number of nitrogens with one attached hydrogen (secondary N) is 1. The van der Waals surface area contributed by atoms with Crippen molar-refractivity contribution >= 4 is 17.3 Å². The van der Waals surface area contributed by atoms with E-state index in [9.17, 15) is 0 Å². The second kappa shape index (κ2) is 9.67. The Bertz CT molecular complexity index is 891. The molecular formula is C24H35N5OS. The van der Waals surface area contributed by atoms with Crippen molar-refractivity contribution in [1.29, 1.82) is 0 Å². The third kappa shape index (κ3) is 4.64. The SMILES string of the molecule is Cc1cc([C@@H]2[C@@H](c3ccccn3)NC(=S)N2C(C)C)c(C)n1CCCN1CCOCC1. The molecule has 0 unspecified atom stereocenters. The monoisotopic (exact) mass is 441 g/mol. The fourth-order valence-electron chi connectivity index (χ4n) is 5.00. The maximum absolute atomic E-state index is 5.76. The van der Waals surface area contributed by atoms with Gasteiger partial charge in [-0.15, -0.1) is 0 Å². The van der Waals surface area contributed by atoms with E-state index < -0.39 is 0 Å². The number of hydrogen-bond donors (Lipinski definition) is 1. The lowest BCUT2D eigenvalue weighted by Crippen LogP contribution is -2.37. The van der Waals surface area contributed by atoms with Crippen molar-refractivity contribution < 1.29 is 4.74 Å². The number of rotatable bonds is 7. The summed E-state index contributed by atoms with van der Waals surface area (Å²) in [4.78, 5) is 9.50. The number of morpholine rings is 1. The highest BCUT2D eigenvalue weighted by Crippen LogP contribution is 2.41. The molecule has 0 bridgehead atoms. The van der Waals surface area contributed by atoms with E-state index in [4.69, 9.17) is 17.0 Å². The van der Waals surface area contributed by atoms with E-state index >= 15 is 0 Å². The fourth-order valence-corrected chi connectivity index (χ4v) is 5.45. The van der Waals surface area contributed by atoms with Crippen molar-refractivity contribution in [2.45, 2.75) is 58.8 Å². The van der Waals surface area contributed by atoms with Gasteiger partial charge in [-0.1, -0.05) is 6.07 Å². The molecular weight excluding hydrogens is 406 g/mol. The first kappa shape index (κ1) is 22.2. The Hall–Kier alpha value is -1.96. The predicted octanol–water partition coefficient (Wildman–Crippen LogP) is 3.60. The largest absolute Gasteiger partial charge is 0.379 e. The molecule has 0 radical (unpaired) electrons. The Balaban J connectivity index is 1.58. The quantitative estimate of drug-likeness (QED) is 0.663. The first-order chi connectivity index (χ1) is 15.0. The number of pyridine rings is 1. The maximum Gasteiger partial charge on any atom is 0.170 e. The van der Waals surface area contributed by atoms with Crippen molar-refractivity contribution in [3.05, 3.63) is 53.1 Å². The third-order valence-corrected chi connectivity index (χ3v) is 6.91.